The van der Waals surface area contributed by atoms with E-state index < -0.39 is 0 Å². The van der Waals surface area contributed by atoms with Crippen molar-refractivity contribution in [3.8, 4) is 11.5 Å². The van der Waals surface area contributed by atoms with Gasteiger partial charge in [-0.3, -0.25) is 19.5 Å². The highest BCUT2D eigenvalue weighted by Crippen LogP contribution is 2.34. The highest BCUT2D eigenvalue weighted by molar-refractivity contribution is 8.18. The number of aromatic nitrogens is 3. The summed E-state index contributed by atoms with van der Waals surface area (Å²) in [5.74, 6) is 0.342. The molecule has 1 N–H and O–H groups in total. The number of benzene rings is 2. The Morgan fingerprint density at radius 3 is 2.62 bits per heavy atom. The second-order valence-electron chi connectivity index (χ2n) is 7.30. The van der Waals surface area contributed by atoms with E-state index in [1.165, 1.54) is 0 Å². The topological polar surface area (TPSA) is 78.1 Å². The second kappa shape index (κ2) is 7.97. The van der Waals surface area contributed by atoms with Crippen molar-refractivity contribution in [2.24, 2.45) is 7.05 Å². The number of imide groups is 1. The number of rotatable bonds is 4. The number of halogens is 2. The van der Waals surface area contributed by atoms with E-state index in [-0.39, 0.29) is 11.1 Å². The third-order valence-corrected chi connectivity index (χ3v) is 6.82. The second-order valence-corrected chi connectivity index (χ2v) is 9.12. The molecule has 0 spiro atoms. The van der Waals surface area contributed by atoms with Crippen molar-refractivity contribution in [2.75, 3.05) is 7.11 Å². The van der Waals surface area contributed by atoms with Gasteiger partial charge in [0.2, 0.25) is 0 Å². The van der Waals surface area contributed by atoms with Crippen molar-refractivity contribution in [1.82, 2.24) is 19.4 Å². The van der Waals surface area contributed by atoms with Crippen LogP contribution in [0.1, 0.15) is 5.56 Å². The average molecular weight is 487 g/mol. The van der Waals surface area contributed by atoms with Gasteiger partial charge >= 0.3 is 0 Å². The Hall–Kier alpha value is -2.78. The minimum Gasteiger partial charge on any atom is -0.364 e. The number of aryl methyl sites for hydroxylation is 1. The fourth-order valence-electron chi connectivity index (χ4n) is 3.82. The zero-order chi connectivity index (χ0) is 22.6. The Balaban J connectivity index is 1.65. The lowest BCUT2D eigenvalue weighted by Crippen LogP contribution is -2.17. The van der Waals surface area contributed by atoms with Crippen molar-refractivity contribution in [3.63, 3.8) is 0 Å². The van der Waals surface area contributed by atoms with Gasteiger partial charge in [0.15, 0.2) is 5.82 Å². The van der Waals surface area contributed by atoms with E-state index in [9.17, 15) is 9.59 Å². The molecule has 0 bridgehead atoms. The molecular weight excluding hydrogens is 471 g/mol. The number of imidazole rings is 1. The summed E-state index contributed by atoms with van der Waals surface area (Å²) in [6, 6.07) is 11.4. The lowest BCUT2D eigenvalue weighted by atomic mass is 10.1. The van der Waals surface area contributed by atoms with Gasteiger partial charge in [-0.05, 0) is 53.7 Å². The lowest BCUT2D eigenvalue weighted by molar-refractivity contribution is -0.115. The minimum absolute atomic E-state index is 0.295. The van der Waals surface area contributed by atoms with Crippen molar-refractivity contribution < 1.29 is 14.3 Å². The molecule has 1 aliphatic rings. The zero-order valence-corrected chi connectivity index (χ0v) is 19.3. The fourth-order valence-corrected chi connectivity index (χ4v) is 4.82. The zero-order valence-electron chi connectivity index (χ0n) is 17.0. The molecule has 1 aliphatic heterocycles. The molecule has 2 aromatic carbocycles. The number of carbonyl (C=O) groups excluding carboxylic acids is 2. The van der Waals surface area contributed by atoms with Crippen LogP contribution in [-0.2, 0) is 23.3 Å². The highest BCUT2D eigenvalue weighted by Gasteiger charge is 2.25. The van der Waals surface area contributed by atoms with E-state index in [1.54, 1.807) is 25.3 Å². The van der Waals surface area contributed by atoms with Crippen LogP contribution in [0.15, 0.2) is 41.3 Å². The van der Waals surface area contributed by atoms with Gasteiger partial charge in [0, 0.05) is 25.1 Å². The predicted molar refractivity (Wildman–Crippen MR) is 128 cm³/mol. The van der Waals surface area contributed by atoms with Crippen LogP contribution in [0.4, 0.5) is 4.79 Å². The Morgan fingerprint density at radius 2 is 1.91 bits per heavy atom. The molecule has 5 rings (SSSR count). The first-order chi connectivity index (χ1) is 15.4. The van der Waals surface area contributed by atoms with E-state index in [0.717, 1.165) is 50.8 Å². The Bertz CT molecular complexity index is 1470. The van der Waals surface area contributed by atoms with Crippen LogP contribution in [-0.4, -0.2) is 32.4 Å². The monoisotopic (exact) mass is 486 g/mol. The number of amides is 2. The molecule has 4 aromatic rings. The van der Waals surface area contributed by atoms with Crippen LogP contribution in [0.5, 0.6) is 0 Å². The number of carbonyl (C=O) groups is 2. The van der Waals surface area contributed by atoms with Crippen LogP contribution >= 0.6 is 35.0 Å². The normalized spacial score (nSPS) is 15.4. The van der Waals surface area contributed by atoms with Crippen LogP contribution < -0.4 is 5.32 Å². The van der Waals surface area contributed by atoms with Crippen LogP contribution in [0.25, 0.3) is 39.5 Å². The van der Waals surface area contributed by atoms with Crippen molar-refractivity contribution in [2.45, 2.75) is 6.73 Å². The van der Waals surface area contributed by atoms with Gasteiger partial charge in [-0.25, -0.2) is 4.98 Å². The molecule has 2 aromatic heterocycles. The number of ether oxygens (including phenoxy) is 1. The minimum atomic E-state index is -0.376. The maximum absolute atomic E-state index is 11.9. The molecule has 32 heavy (non-hydrogen) atoms. The largest absolute Gasteiger partial charge is 0.364 e. The number of fused-ring (bicyclic) bond motifs is 2. The number of nitrogens with one attached hydrogen (secondary N) is 1. The number of hydrogen-bond acceptors (Lipinski definition) is 5. The van der Waals surface area contributed by atoms with Crippen LogP contribution in [0.2, 0.25) is 10.0 Å². The Labute approximate surface area is 196 Å². The molecule has 7 nitrogen and oxygen atoms in total. The summed E-state index contributed by atoms with van der Waals surface area (Å²) in [7, 11) is 3.58. The van der Waals surface area contributed by atoms with Gasteiger partial charge < -0.3 is 9.30 Å². The van der Waals surface area contributed by atoms with Gasteiger partial charge in [0.25, 0.3) is 11.1 Å². The summed E-state index contributed by atoms with van der Waals surface area (Å²) in [6.45, 7) is 0.295. The fraction of sp³-hybridized carbons (Fsp3) is 0.136. The molecular formula is C22H16Cl2N4O3S. The van der Waals surface area contributed by atoms with Crippen LogP contribution in [0, 0.1) is 0 Å². The van der Waals surface area contributed by atoms with Gasteiger partial charge in [0.1, 0.15) is 6.73 Å². The number of thioether (sulfide) groups is 1. The van der Waals surface area contributed by atoms with E-state index >= 15 is 0 Å². The average Bonchev–Trinajstić information content (AvgIpc) is 3.36. The summed E-state index contributed by atoms with van der Waals surface area (Å²) in [4.78, 5) is 28.5. The van der Waals surface area contributed by atoms with Gasteiger partial charge in [-0.1, -0.05) is 29.3 Å². The molecule has 1 saturated heterocycles. The van der Waals surface area contributed by atoms with Gasteiger partial charge in [-0.15, -0.1) is 0 Å². The van der Waals surface area contributed by atoms with Crippen molar-refractivity contribution >= 4 is 74.1 Å². The Morgan fingerprint density at radius 1 is 1.12 bits per heavy atom. The summed E-state index contributed by atoms with van der Waals surface area (Å²) < 4.78 is 9.40. The molecule has 0 unspecified atom stereocenters. The molecule has 0 aliphatic carbocycles. The van der Waals surface area contributed by atoms with Crippen LogP contribution in [0.3, 0.4) is 0 Å². The van der Waals surface area contributed by atoms with Gasteiger partial charge in [0.05, 0.1) is 31.7 Å². The lowest BCUT2D eigenvalue weighted by Gasteiger charge is -2.09. The maximum Gasteiger partial charge on any atom is 0.290 e. The maximum atomic E-state index is 11.9. The number of methoxy groups -OCH3 is 1. The molecule has 2 amide bonds. The van der Waals surface area contributed by atoms with E-state index in [4.69, 9.17) is 32.9 Å². The number of hydrogen-bond donors (Lipinski definition) is 1. The van der Waals surface area contributed by atoms with Gasteiger partial charge in [-0.2, -0.15) is 0 Å². The standard InChI is InChI=1S/C22H16Cl2N4O3S/c1-27-16-4-3-11(6-19-21(29)26-22(30)32-19)5-12(16)7-18(27)20-25-15-8-13(23)14(24)9-17(15)28(20)10-31-2/h3-9H,10H2,1-2H3,(H,26,29,30)/b19-6-. The first-order valence-corrected chi connectivity index (χ1v) is 11.1. The smallest absolute Gasteiger partial charge is 0.290 e. The molecule has 0 saturated carbocycles. The third kappa shape index (κ3) is 3.49. The molecule has 0 atom stereocenters. The van der Waals surface area contributed by atoms with E-state index in [0.29, 0.717) is 21.7 Å². The first kappa shape index (κ1) is 21.1. The number of nitrogens with zero attached hydrogens (tertiary/aromatic N) is 3. The molecule has 162 valence electrons. The first-order valence-electron chi connectivity index (χ1n) is 9.54. The summed E-state index contributed by atoms with van der Waals surface area (Å²) in [5, 5.41) is 3.77. The van der Waals surface area contributed by atoms with E-state index in [2.05, 4.69) is 5.32 Å². The molecule has 3 heterocycles. The van der Waals surface area contributed by atoms with Crippen molar-refractivity contribution in [3.05, 3.63) is 56.9 Å². The predicted octanol–water partition coefficient (Wildman–Crippen LogP) is 5.43. The summed E-state index contributed by atoms with van der Waals surface area (Å²) in [6.07, 6.45) is 1.71. The van der Waals surface area contributed by atoms with Crippen molar-refractivity contribution in [1.29, 1.82) is 0 Å². The SMILES string of the molecule is COCn1c(-c2cc3cc(/C=C4\SC(=O)NC4=O)ccc3n2C)nc2cc(Cl)c(Cl)cc21. The quantitative estimate of drug-likeness (QED) is 0.389. The third-order valence-electron chi connectivity index (χ3n) is 5.28. The Kier molecular flexibility index (Phi) is 5.25. The molecule has 10 heteroatoms. The van der Waals surface area contributed by atoms with E-state index in [1.807, 2.05) is 40.4 Å². The summed E-state index contributed by atoms with van der Waals surface area (Å²) in [5.41, 5.74) is 4.24. The highest BCUT2D eigenvalue weighted by atomic mass is 35.5. The molecule has 1 fully saturated rings. The summed E-state index contributed by atoms with van der Waals surface area (Å²) >= 11 is 13.3. The molecule has 0 radical (unpaired) electrons.